The topological polar surface area (TPSA) is 88.1 Å². The average Bonchev–Trinajstić information content (AvgIpc) is 3.34. The Hall–Kier alpha value is -2.71. The quantitative estimate of drug-likeness (QED) is 0.765. The van der Waals surface area contributed by atoms with Crippen LogP contribution in [0.25, 0.3) is 0 Å². The van der Waals surface area contributed by atoms with E-state index in [9.17, 15) is 13.2 Å². The van der Waals surface area contributed by atoms with Crippen molar-refractivity contribution in [3.05, 3.63) is 65.2 Å². The summed E-state index contributed by atoms with van der Waals surface area (Å²) < 4.78 is 34.1. The van der Waals surface area contributed by atoms with Gasteiger partial charge in [0.05, 0.1) is 6.61 Å². The zero-order valence-corrected chi connectivity index (χ0v) is 17.7. The van der Waals surface area contributed by atoms with Gasteiger partial charge in [0.25, 0.3) is 10.0 Å². The van der Waals surface area contributed by atoms with Crippen molar-refractivity contribution in [2.45, 2.75) is 43.9 Å². The van der Waals surface area contributed by atoms with Crippen LogP contribution in [0.2, 0.25) is 0 Å². The van der Waals surface area contributed by atoms with E-state index in [0.29, 0.717) is 44.1 Å². The van der Waals surface area contributed by atoms with Crippen LogP contribution in [0.1, 0.15) is 36.5 Å². The molecule has 2 aromatic rings. The predicted molar refractivity (Wildman–Crippen MR) is 114 cm³/mol. The number of ether oxygens (including phenoxy) is 1. The first-order valence-corrected chi connectivity index (χ1v) is 11.6. The number of nitrogens with one attached hydrogen (secondary N) is 1. The first-order chi connectivity index (χ1) is 14.5. The highest BCUT2D eigenvalue weighted by atomic mass is 32.2. The molecule has 2 heterocycles. The van der Waals surface area contributed by atoms with Gasteiger partial charge in [-0.15, -0.1) is 4.40 Å². The number of sulfonamides is 1. The van der Waals surface area contributed by atoms with E-state index in [-0.39, 0.29) is 10.8 Å². The van der Waals surface area contributed by atoms with Crippen LogP contribution in [0.3, 0.4) is 0 Å². The van der Waals surface area contributed by atoms with Crippen LogP contribution in [-0.4, -0.2) is 44.3 Å². The van der Waals surface area contributed by atoms with E-state index < -0.39 is 16.1 Å². The number of hydrogen-bond acceptors (Lipinski definition) is 5. The van der Waals surface area contributed by atoms with E-state index in [1.165, 1.54) is 0 Å². The van der Waals surface area contributed by atoms with E-state index in [4.69, 9.17) is 4.74 Å². The van der Waals surface area contributed by atoms with Crippen LogP contribution in [0.5, 0.6) is 0 Å². The molecule has 0 unspecified atom stereocenters. The minimum Gasteiger partial charge on any atom is -0.377 e. The smallest absolute Gasteiger partial charge is 0.285 e. The molecule has 0 saturated carbocycles. The van der Waals surface area contributed by atoms with Crippen LogP contribution < -0.4 is 5.32 Å². The first-order valence-electron chi connectivity index (χ1n) is 10.1. The summed E-state index contributed by atoms with van der Waals surface area (Å²) in [7, 11) is -3.70. The molecule has 8 heteroatoms. The minimum absolute atomic E-state index is 0.115. The van der Waals surface area contributed by atoms with Gasteiger partial charge in [0.2, 0.25) is 5.91 Å². The number of fused-ring (bicyclic) bond motifs is 1. The summed E-state index contributed by atoms with van der Waals surface area (Å²) in [6, 6.07) is 14.3. The number of carbonyl (C=O) groups is 1. The molecule has 0 aromatic heterocycles. The summed E-state index contributed by atoms with van der Waals surface area (Å²) in [6.07, 6.45) is 1.48. The number of benzene rings is 2. The maximum atomic E-state index is 12.9. The summed E-state index contributed by atoms with van der Waals surface area (Å²) >= 11 is 0. The molecule has 2 aliphatic heterocycles. The Balaban J connectivity index is 1.43. The Morgan fingerprint density at radius 1 is 1.17 bits per heavy atom. The molecule has 0 spiro atoms. The third kappa shape index (κ3) is 4.11. The lowest BCUT2D eigenvalue weighted by Crippen LogP contribution is -2.45. The molecule has 7 nitrogen and oxygen atoms in total. The van der Waals surface area contributed by atoms with Crippen LogP contribution in [-0.2, 0) is 32.7 Å². The second-order valence-electron chi connectivity index (χ2n) is 7.41. The Bertz CT molecular complexity index is 1060. The number of rotatable bonds is 6. The molecule has 1 atom stereocenters. The van der Waals surface area contributed by atoms with Crippen LogP contribution in [0.4, 0.5) is 0 Å². The van der Waals surface area contributed by atoms with E-state index in [1.54, 1.807) is 24.3 Å². The third-order valence-corrected chi connectivity index (χ3v) is 6.73. The zero-order valence-electron chi connectivity index (χ0n) is 16.9. The molecule has 1 saturated heterocycles. The maximum Gasteiger partial charge on any atom is 0.285 e. The molecule has 2 aromatic carbocycles. The average molecular weight is 428 g/mol. The molecule has 1 fully saturated rings. The van der Waals surface area contributed by atoms with Crippen molar-refractivity contribution < 1.29 is 17.9 Å². The number of likely N-dealkylation sites (tertiary alicyclic amines) is 1. The van der Waals surface area contributed by atoms with Gasteiger partial charge in [-0.2, -0.15) is 8.42 Å². The van der Waals surface area contributed by atoms with E-state index >= 15 is 0 Å². The molecule has 1 amide bonds. The van der Waals surface area contributed by atoms with E-state index in [1.807, 2.05) is 36.1 Å². The van der Waals surface area contributed by atoms with Crippen LogP contribution in [0.15, 0.2) is 57.8 Å². The number of amides is 1. The van der Waals surface area contributed by atoms with Crippen LogP contribution in [0, 0.1) is 0 Å². The lowest BCUT2D eigenvalue weighted by Gasteiger charge is -2.25. The fourth-order valence-electron chi connectivity index (χ4n) is 3.87. The number of hydrogen-bond donors (Lipinski definition) is 1. The summed E-state index contributed by atoms with van der Waals surface area (Å²) in [6.45, 7) is 4.23. The van der Waals surface area contributed by atoms with Gasteiger partial charge in [-0.05, 0) is 43.0 Å². The molecule has 0 bridgehead atoms. The van der Waals surface area contributed by atoms with Gasteiger partial charge >= 0.3 is 0 Å². The predicted octanol–water partition coefficient (Wildman–Crippen LogP) is 2.45. The second kappa shape index (κ2) is 8.57. The molecule has 1 N–H and O–H groups in total. The Labute approximate surface area is 176 Å². The summed E-state index contributed by atoms with van der Waals surface area (Å²) in [5, 5.41) is 2.99. The minimum atomic E-state index is -3.70. The van der Waals surface area contributed by atoms with E-state index in [2.05, 4.69) is 9.71 Å². The second-order valence-corrected chi connectivity index (χ2v) is 8.98. The summed E-state index contributed by atoms with van der Waals surface area (Å²) in [5.74, 6) is 0.263. The highest BCUT2D eigenvalue weighted by Gasteiger charge is 2.39. The molecule has 0 aliphatic carbocycles. The van der Waals surface area contributed by atoms with Gasteiger partial charge < -0.3 is 15.0 Å². The Kier molecular flexibility index (Phi) is 5.87. The molecule has 30 heavy (non-hydrogen) atoms. The largest absolute Gasteiger partial charge is 0.377 e. The van der Waals surface area contributed by atoms with Crippen molar-refractivity contribution in [3.8, 4) is 0 Å². The summed E-state index contributed by atoms with van der Waals surface area (Å²) in [5.41, 5.74) is 2.66. The normalized spacial score (nSPS) is 19.4. The van der Waals surface area contributed by atoms with Gasteiger partial charge in [0.1, 0.15) is 10.9 Å². The van der Waals surface area contributed by atoms with Crippen molar-refractivity contribution in [3.63, 3.8) is 0 Å². The first kappa shape index (κ1) is 20.6. The van der Waals surface area contributed by atoms with Gasteiger partial charge in [-0.3, -0.25) is 4.79 Å². The van der Waals surface area contributed by atoms with Crippen LogP contribution >= 0.6 is 0 Å². The van der Waals surface area contributed by atoms with Crippen molar-refractivity contribution in [1.29, 1.82) is 0 Å². The summed E-state index contributed by atoms with van der Waals surface area (Å²) in [4.78, 5) is 14.9. The highest BCUT2D eigenvalue weighted by Crippen LogP contribution is 2.31. The SMILES string of the molecule is CCOCc1ccc(CNC(=O)[C@@H]2CCCN2C2=NS(=O)(=O)c3ccccc32)cc1. The monoisotopic (exact) mass is 427 g/mol. The lowest BCUT2D eigenvalue weighted by molar-refractivity contribution is -0.124. The van der Waals surface area contributed by atoms with Gasteiger partial charge in [0.15, 0.2) is 5.84 Å². The molecule has 2 aliphatic rings. The standard InChI is InChI=1S/C22H25N3O4S/c1-2-29-15-17-11-9-16(10-12-17)14-23-22(26)19-7-5-13-25(19)21-18-6-3-4-8-20(18)30(27,28)24-21/h3-4,6,8-12,19H,2,5,7,13-15H2,1H3,(H,23,26)/t19-/m0/s1. The van der Waals surface area contributed by atoms with Gasteiger partial charge in [0, 0.05) is 25.3 Å². The molecule has 4 rings (SSSR count). The zero-order chi connectivity index (χ0) is 21.1. The van der Waals surface area contributed by atoms with Crippen molar-refractivity contribution in [2.24, 2.45) is 4.40 Å². The van der Waals surface area contributed by atoms with Crippen molar-refractivity contribution >= 4 is 21.8 Å². The van der Waals surface area contributed by atoms with Gasteiger partial charge in [-0.1, -0.05) is 36.4 Å². The highest BCUT2D eigenvalue weighted by molar-refractivity contribution is 7.90. The fraction of sp³-hybridized carbons (Fsp3) is 0.364. The van der Waals surface area contributed by atoms with Gasteiger partial charge in [-0.25, -0.2) is 0 Å². The lowest BCUT2D eigenvalue weighted by atomic mass is 10.1. The Morgan fingerprint density at radius 3 is 2.67 bits per heavy atom. The number of carbonyl (C=O) groups excluding carboxylic acids is 1. The molecule has 158 valence electrons. The molecular weight excluding hydrogens is 402 g/mol. The fourth-order valence-corrected chi connectivity index (χ4v) is 5.09. The van der Waals surface area contributed by atoms with E-state index in [0.717, 1.165) is 17.5 Å². The Morgan fingerprint density at radius 2 is 1.90 bits per heavy atom. The maximum absolute atomic E-state index is 12.9. The van der Waals surface area contributed by atoms with Crippen molar-refractivity contribution in [2.75, 3.05) is 13.2 Å². The number of nitrogens with zero attached hydrogens (tertiary/aromatic N) is 2. The third-order valence-electron chi connectivity index (χ3n) is 5.40. The molecular formula is C22H25N3O4S. The number of amidine groups is 1. The molecule has 0 radical (unpaired) electrons. The van der Waals surface area contributed by atoms with Crippen molar-refractivity contribution in [1.82, 2.24) is 10.2 Å².